The maximum atomic E-state index is 4.33. The normalized spacial score (nSPS) is 20.8. The molecule has 1 atom stereocenters. The molecule has 0 aromatic heterocycles. The van der Waals surface area contributed by atoms with Gasteiger partial charge in [0.2, 0.25) is 0 Å². The predicted molar refractivity (Wildman–Crippen MR) is 114 cm³/mol. The second kappa shape index (κ2) is 9.61. The molecular weight excluding hydrogens is 419 g/mol. The van der Waals surface area contributed by atoms with E-state index in [0.29, 0.717) is 4.75 Å². The molecule has 130 valence electrons. The van der Waals surface area contributed by atoms with Gasteiger partial charge >= 0.3 is 0 Å². The molecule has 0 aliphatic carbocycles. The summed E-state index contributed by atoms with van der Waals surface area (Å²) in [5.41, 5.74) is 2.48. The number of hydrogen-bond donors (Lipinski definition) is 2. The molecule has 1 saturated heterocycles. The molecule has 0 radical (unpaired) electrons. The summed E-state index contributed by atoms with van der Waals surface area (Å²) in [4.78, 5) is 6.45. The molecule has 2 N–H and O–H groups in total. The summed E-state index contributed by atoms with van der Waals surface area (Å²) >= 11 is 2.07. The molecule has 0 amide bonds. The van der Waals surface area contributed by atoms with E-state index in [0.717, 1.165) is 19.0 Å². The molecule has 1 unspecified atom stereocenters. The third-order valence-corrected chi connectivity index (χ3v) is 5.58. The molecule has 0 saturated carbocycles. The van der Waals surface area contributed by atoms with Gasteiger partial charge in [-0.3, -0.25) is 4.99 Å². The SMILES string of the molecule is CN=C(NCc1cccc(N(C)C)c1)NCC1(C)CCCS1.I. The van der Waals surface area contributed by atoms with E-state index in [9.17, 15) is 0 Å². The van der Waals surface area contributed by atoms with Gasteiger partial charge in [-0.15, -0.1) is 24.0 Å². The van der Waals surface area contributed by atoms with Crippen LogP contribution in [0, 0.1) is 0 Å². The first-order valence-corrected chi connectivity index (χ1v) is 8.86. The van der Waals surface area contributed by atoms with Crippen molar-refractivity contribution in [1.29, 1.82) is 0 Å². The number of anilines is 1. The van der Waals surface area contributed by atoms with Gasteiger partial charge < -0.3 is 15.5 Å². The van der Waals surface area contributed by atoms with Crippen molar-refractivity contribution in [2.24, 2.45) is 4.99 Å². The molecule has 1 aliphatic rings. The highest BCUT2D eigenvalue weighted by Gasteiger charge is 2.29. The van der Waals surface area contributed by atoms with Crippen LogP contribution in [-0.4, -0.2) is 44.1 Å². The van der Waals surface area contributed by atoms with E-state index in [1.54, 1.807) is 0 Å². The van der Waals surface area contributed by atoms with Gasteiger partial charge in [0.05, 0.1) is 0 Å². The van der Waals surface area contributed by atoms with Gasteiger partial charge in [-0.1, -0.05) is 12.1 Å². The molecule has 0 spiro atoms. The summed E-state index contributed by atoms with van der Waals surface area (Å²) in [5, 5.41) is 6.87. The van der Waals surface area contributed by atoms with Crippen LogP contribution in [0.2, 0.25) is 0 Å². The molecule has 1 aromatic rings. The van der Waals surface area contributed by atoms with Crippen molar-refractivity contribution in [3.63, 3.8) is 0 Å². The standard InChI is InChI=1S/C17H28N4S.HI/c1-17(9-6-10-22-17)13-20-16(18-2)19-12-14-7-5-8-15(11-14)21(3)4;/h5,7-8,11H,6,9-10,12-13H2,1-4H3,(H2,18,19,20);1H. The quantitative estimate of drug-likeness (QED) is 0.412. The van der Waals surface area contributed by atoms with Crippen molar-refractivity contribution in [3.8, 4) is 0 Å². The lowest BCUT2D eigenvalue weighted by atomic mass is 10.1. The van der Waals surface area contributed by atoms with Crippen LogP contribution in [0.3, 0.4) is 0 Å². The smallest absolute Gasteiger partial charge is 0.191 e. The monoisotopic (exact) mass is 448 g/mol. The Morgan fingerprint density at radius 3 is 2.74 bits per heavy atom. The number of nitrogens with zero attached hydrogens (tertiary/aromatic N) is 2. The zero-order chi connectivity index (χ0) is 16.0. The van der Waals surface area contributed by atoms with E-state index >= 15 is 0 Å². The van der Waals surface area contributed by atoms with Crippen LogP contribution in [0.15, 0.2) is 29.3 Å². The van der Waals surface area contributed by atoms with Gasteiger partial charge in [0.25, 0.3) is 0 Å². The van der Waals surface area contributed by atoms with E-state index in [1.807, 2.05) is 7.05 Å². The van der Waals surface area contributed by atoms with Gasteiger partial charge in [-0.2, -0.15) is 11.8 Å². The summed E-state index contributed by atoms with van der Waals surface area (Å²) in [5.74, 6) is 2.16. The van der Waals surface area contributed by atoms with Crippen molar-refractivity contribution < 1.29 is 0 Å². The number of rotatable bonds is 5. The van der Waals surface area contributed by atoms with Gasteiger partial charge in [-0.25, -0.2) is 0 Å². The zero-order valence-electron chi connectivity index (χ0n) is 14.6. The molecule has 1 aliphatic heterocycles. The molecule has 0 bridgehead atoms. The van der Waals surface area contributed by atoms with Crippen LogP contribution in [0.4, 0.5) is 5.69 Å². The van der Waals surface area contributed by atoms with Crippen LogP contribution in [0.25, 0.3) is 0 Å². The van der Waals surface area contributed by atoms with Crippen LogP contribution in [-0.2, 0) is 6.54 Å². The first kappa shape index (κ1) is 20.4. The second-order valence-corrected chi connectivity index (χ2v) is 7.93. The zero-order valence-corrected chi connectivity index (χ0v) is 17.7. The summed E-state index contributed by atoms with van der Waals surface area (Å²) in [6.07, 6.45) is 2.61. The first-order valence-electron chi connectivity index (χ1n) is 7.87. The van der Waals surface area contributed by atoms with E-state index in [-0.39, 0.29) is 24.0 Å². The largest absolute Gasteiger partial charge is 0.378 e. The molecule has 4 nitrogen and oxygen atoms in total. The number of hydrogen-bond acceptors (Lipinski definition) is 3. The highest BCUT2D eigenvalue weighted by molar-refractivity contribution is 14.0. The summed E-state index contributed by atoms with van der Waals surface area (Å²) in [6.45, 7) is 4.09. The van der Waals surface area contributed by atoms with E-state index < -0.39 is 0 Å². The van der Waals surface area contributed by atoms with Crippen molar-refractivity contribution in [3.05, 3.63) is 29.8 Å². The number of nitrogens with one attached hydrogen (secondary N) is 2. The Morgan fingerprint density at radius 2 is 2.13 bits per heavy atom. The molecule has 23 heavy (non-hydrogen) atoms. The molecule has 2 rings (SSSR count). The number of halogens is 1. The third-order valence-electron chi connectivity index (χ3n) is 4.04. The maximum absolute atomic E-state index is 4.33. The van der Waals surface area contributed by atoms with E-state index in [4.69, 9.17) is 0 Å². The van der Waals surface area contributed by atoms with Crippen LogP contribution in [0.5, 0.6) is 0 Å². The molecule has 1 fully saturated rings. The van der Waals surface area contributed by atoms with Crippen molar-refractivity contribution >= 4 is 47.4 Å². The van der Waals surface area contributed by atoms with E-state index in [1.165, 1.54) is 29.8 Å². The number of benzene rings is 1. The average Bonchev–Trinajstić information content (AvgIpc) is 2.95. The molecule has 6 heteroatoms. The summed E-state index contributed by atoms with van der Waals surface area (Å²) in [7, 11) is 5.95. The van der Waals surface area contributed by atoms with Crippen molar-refractivity contribution in [1.82, 2.24) is 10.6 Å². The Bertz CT molecular complexity index is 513. The van der Waals surface area contributed by atoms with Gasteiger partial charge in [-0.05, 0) is 43.2 Å². The minimum atomic E-state index is 0. The highest BCUT2D eigenvalue weighted by Crippen LogP contribution is 2.36. The second-order valence-electron chi connectivity index (χ2n) is 6.25. The van der Waals surface area contributed by atoms with Crippen molar-refractivity contribution in [2.75, 3.05) is 38.3 Å². The topological polar surface area (TPSA) is 39.7 Å². The fourth-order valence-electron chi connectivity index (χ4n) is 2.60. The lowest BCUT2D eigenvalue weighted by Gasteiger charge is -2.24. The molecular formula is C17H29IN4S. The minimum Gasteiger partial charge on any atom is -0.378 e. The lowest BCUT2D eigenvalue weighted by molar-refractivity contribution is 0.584. The Hall–Kier alpha value is -0.630. The van der Waals surface area contributed by atoms with Gasteiger partial charge in [0.1, 0.15) is 0 Å². The Morgan fingerprint density at radius 1 is 1.35 bits per heavy atom. The maximum Gasteiger partial charge on any atom is 0.191 e. The summed E-state index contributed by atoms with van der Waals surface area (Å²) < 4.78 is 0.350. The first-order chi connectivity index (χ1) is 10.5. The minimum absolute atomic E-state index is 0. The lowest BCUT2D eigenvalue weighted by Crippen LogP contribution is -2.43. The number of aliphatic imine (C=N–C) groups is 1. The predicted octanol–water partition coefficient (Wildman–Crippen LogP) is 3.32. The number of thioether (sulfide) groups is 1. The van der Waals surface area contributed by atoms with Crippen molar-refractivity contribution in [2.45, 2.75) is 31.1 Å². The summed E-state index contributed by atoms with van der Waals surface area (Å²) in [6, 6.07) is 8.56. The Kier molecular flexibility index (Phi) is 8.53. The molecule has 1 aromatic carbocycles. The van der Waals surface area contributed by atoms with E-state index in [2.05, 4.69) is 77.6 Å². The highest BCUT2D eigenvalue weighted by atomic mass is 127. The fraction of sp³-hybridized carbons (Fsp3) is 0.588. The fourth-order valence-corrected chi connectivity index (χ4v) is 3.84. The van der Waals surface area contributed by atoms with Crippen LogP contribution < -0.4 is 15.5 Å². The average molecular weight is 448 g/mol. The van der Waals surface area contributed by atoms with Crippen LogP contribution >= 0.6 is 35.7 Å². The van der Waals surface area contributed by atoms with Crippen LogP contribution in [0.1, 0.15) is 25.3 Å². The Labute approximate surface area is 161 Å². The van der Waals surface area contributed by atoms with Gasteiger partial charge in [0.15, 0.2) is 5.96 Å². The number of guanidine groups is 1. The third kappa shape index (κ3) is 6.41. The van der Waals surface area contributed by atoms with Gasteiger partial charge in [0, 0.05) is 44.7 Å². The Balaban J connectivity index is 0.00000264. The molecule has 1 heterocycles.